The van der Waals surface area contributed by atoms with Crippen molar-refractivity contribution in [3.63, 3.8) is 0 Å². The van der Waals surface area contributed by atoms with Gasteiger partial charge in [0, 0.05) is 45.5 Å². The monoisotopic (exact) mass is 289 g/mol. The van der Waals surface area contributed by atoms with E-state index in [1.54, 1.807) is 0 Å². The van der Waals surface area contributed by atoms with E-state index in [-0.39, 0.29) is 0 Å². The molecule has 2 saturated heterocycles. The maximum Gasteiger partial charge on any atom is 0.0827 e. The van der Waals surface area contributed by atoms with Gasteiger partial charge in [0.25, 0.3) is 0 Å². The first-order valence-corrected chi connectivity index (χ1v) is 8.05. The number of rotatable bonds is 5. The lowest BCUT2D eigenvalue weighted by atomic mass is 10.1. The lowest BCUT2D eigenvalue weighted by Crippen LogP contribution is -2.49. The summed E-state index contributed by atoms with van der Waals surface area (Å²) in [7, 11) is 4.14. The van der Waals surface area contributed by atoms with Gasteiger partial charge in [-0.15, -0.1) is 0 Å². The first kappa shape index (κ1) is 14.8. The summed E-state index contributed by atoms with van der Waals surface area (Å²) >= 11 is 0. The summed E-state index contributed by atoms with van der Waals surface area (Å²) in [4.78, 5) is 4.72. The molecule has 0 aliphatic carbocycles. The molecule has 0 bridgehead atoms. The predicted molar refractivity (Wildman–Crippen MR) is 86.8 cm³/mol. The van der Waals surface area contributed by atoms with Crippen LogP contribution in [0, 0.1) is 0 Å². The standard InChI is InChI=1S/C17H27N3O/c1-19(2)15-7-5-14(6-8-15)10-18-11-17-12-20-9-3-4-16(20)13-21-17/h5-8,16-18H,3-4,9-13H2,1-2H3. The molecule has 2 aliphatic rings. The molecule has 1 aromatic carbocycles. The molecule has 3 rings (SSSR count). The van der Waals surface area contributed by atoms with Gasteiger partial charge < -0.3 is 15.0 Å². The minimum atomic E-state index is 0.348. The molecule has 2 atom stereocenters. The van der Waals surface area contributed by atoms with Crippen molar-refractivity contribution in [3.8, 4) is 0 Å². The second kappa shape index (κ2) is 6.77. The van der Waals surface area contributed by atoms with E-state index in [4.69, 9.17) is 4.74 Å². The van der Waals surface area contributed by atoms with Gasteiger partial charge in [-0.05, 0) is 37.1 Å². The Bertz CT molecular complexity index is 446. The molecule has 2 heterocycles. The fourth-order valence-corrected chi connectivity index (χ4v) is 3.30. The number of nitrogens with zero attached hydrogens (tertiary/aromatic N) is 2. The molecule has 0 aromatic heterocycles. The highest BCUT2D eigenvalue weighted by molar-refractivity contribution is 5.45. The van der Waals surface area contributed by atoms with E-state index in [1.807, 2.05) is 0 Å². The van der Waals surface area contributed by atoms with Crippen molar-refractivity contribution < 1.29 is 4.74 Å². The van der Waals surface area contributed by atoms with Crippen LogP contribution in [0.1, 0.15) is 18.4 Å². The fourth-order valence-electron chi connectivity index (χ4n) is 3.30. The molecule has 0 spiro atoms. The minimum Gasteiger partial charge on any atom is -0.378 e. The van der Waals surface area contributed by atoms with Crippen LogP contribution in [-0.2, 0) is 11.3 Å². The van der Waals surface area contributed by atoms with Crippen LogP contribution in [0.25, 0.3) is 0 Å². The van der Waals surface area contributed by atoms with Crippen molar-refractivity contribution in [2.24, 2.45) is 0 Å². The fraction of sp³-hybridized carbons (Fsp3) is 0.647. The molecule has 0 amide bonds. The topological polar surface area (TPSA) is 27.7 Å². The number of nitrogens with one attached hydrogen (secondary N) is 1. The molecule has 2 aliphatic heterocycles. The molecule has 4 nitrogen and oxygen atoms in total. The average molecular weight is 289 g/mol. The van der Waals surface area contributed by atoms with Crippen LogP contribution in [0.2, 0.25) is 0 Å². The van der Waals surface area contributed by atoms with Crippen LogP contribution < -0.4 is 10.2 Å². The minimum absolute atomic E-state index is 0.348. The third kappa shape index (κ3) is 3.76. The zero-order chi connectivity index (χ0) is 14.7. The number of anilines is 1. The van der Waals surface area contributed by atoms with Gasteiger partial charge in [-0.25, -0.2) is 0 Å². The molecule has 1 aromatic rings. The molecule has 0 radical (unpaired) electrons. The highest BCUT2D eigenvalue weighted by Crippen LogP contribution is 2.22. The van der Waals surface area contributed by atoms with Crippen molar-refractivity contribution in [1.82, 2.24) is 10.2 Å². The largest absolute Gasteiger partial charge is 0.378 e. The maximum absolute atomic E-state index is 5.97. The summed E-state index contributed by atoms with van der Waals surface area (Å²) in [6.45, 7) is 5.13. The summed E-state index contributed by atoms with van der Waals surface area (Å²) in [5, 5.41) is 3.53. The van der Waals surface area contributed by atoms with Gasteiger partial charge >= 0.3 is 0 Å². The Labute approximate surface area is 128 Å². The average Bonchev–Trinajstić information content (AvgIpc) is 2.95. The molecular weight excluding hydrogens is 262 g/mol. The van der Waals surface area contributed by atoms with Crippen LogP contribution in [0.3, 0.4) is 0 Å². The molecule has 1 N–H and O–H groups in total. The number of hydrogen-bond donors (Lipinski definition) is 1. The number of hydrogen-bond acceptors (Lipinski definition) is 4. The first-order chi connectivity index (χ1) is 10.2. The van der Waals surface area contributed by atoms with Crippen LogP contribution in [-0.4, -0.2) is 57.4 Å². The van der Waals surface area contributed by atoms with Crippen LogP contribution >= 0.6 is 0 Å². The second-order valence-electron chi connectivity index (χ2n) is 6.44. The molecule has 2 unspecified atom stereocenters. The van der Waals surface area contributed by atoms with Gasteiger partial charge in [0.05, 0.1) is 12.7 Å². The number of benzene rings is 1. The van der Waals surface area contributed by atoms with Crippen LogP contribution in [0.4, 0.5) is 5.69 Å². The van der Waals surface area contributed by atoms with E-state index < -0.39 is 0 Å². The van der Waals surface area contributed by atoms with Crippen molar-refractivity contribution >= 4 is 5.69 Å². The Balaban J connectivity index is 1.41. The predicted octanol–water partition coefficient (Wildman–Crippen LogP) is 1.71. The quantitative estimate of drug-likeness (QED) is 0.893. The maximum atomic E-state index is 5.97. The van der Waals surface area contributed by atoms with E-state index in [0.717, 1.165) is 26.2 Å². The van der Waals surface area contributed by atoms with Crippen molar-refractivity contribution in [3.05, 3.63) is 29.8 Å². The van der Waals surface area contributed by atoms with Gasteiger partial charge in [0.15, 0.2) is 0 Å². The molecule has 4 heteroatoms. The number of morpholine rings is 1. The highest BCUT2D eigenvalue weighted by atomic mass is 16.5. The number of fused-ring (bicyclic) bond motifs is 1. The van der Waals surface area contributed by atoms with Crippen LogP contribution in [0.5, 0.6) is 0 Å². The van der Waals surface area contributed by atoms with Crippen molar-refractivity contribution in [2.45, 2.75) is 31.5 Å². The summed E-state index contributed by atoms with van der Waals surface area (Å²) in [5.74, 6) is 0. The molecule has 116 valence electrons. The molecular formula is C17H27N3O. The van der Waals surface area contributed by atoms with E-state index in [1.165, 1.54) is 30.6 Å². The van der Waals surface area contributed by atoms with Crippen molar-refractivity contribution in [2.75, 3.05) is 45.2 Å². The summed E-state index contributed by atoms with van der Waals surface area (Å²) in [5.41, 5.74) is 2.57. The number of ether oxygens (including phenoxy) is 1. The normalized spacial score (nSPS) is 25.8. The van der Waals surface area contributed by atoms with Gasteiger partial charge in [0.1, 0.15) is 0 Å². The summed E-state index contributed by atoms with van der Waals surface area (Å²) < 4.78 is 5.97. The first-order valence-electron chi connectivity index (χ1n) is 8.05. The Hall–Kier alpha value is -1.10. The summed E-state index contributed by atoms with van der Waals surface area (Å²) in [6, 6.07) is 9.42. The molecule has 2 fully saturated rings. The second-order valence-corrected chi connectivity index (χ2v) is 6.44. The molecule has 21 heavy (non-hydrogen) atoms. The van der Waals surface area contributed by atoms with Gasteiger partial charge in [-0.1, -0.05) is 12.1 Å². The highest BCUT2D eigenvalue weighted by Gasteiger charge is 2.31. The van der Waals surface area contributed by atoms with Crippen molar-refractivity contribution in [1.29, 1.82) is 0 Å². The zero-order valence-corrected chi connectivity index (χ0v) is 13.2. The smallest absolute Gasteiger partial charge is 0.0827 e. The Morgan fingerprint density at radius 3 is 2.86 bits per heavy atom. The third-order valence-electron chi connectivity index (χ3n) is 4.62. The lowest BCUT2D eigenvalue weighted by Gasteiger charge is -2.35. The van der Waals surface area contributed by atoms with E-state index >= 15 is 0 Å². The van der Waals surface area contributed by atoms with Gasteiger partial charge in [-0.2, -0.15) is 0 Å². The van der Waals surface area contributed by atoms with Crippen LogP contribution in [0.15, 0.2) is 24.3 Å². The third-order valence-corrected chi connectivity index (χ3v) is 4.62. The SMILES string of the molecule is CN(C)c1ccc(CNCC2CN3CCCC3CO2)cc1. The van der Waals surface area contributed by atoms with Gasteiger partial charge in [-0.3, -0.25) is 4.90 Å². The molecule has 0 saturated carbocycles. The van der Waals surface area contributed by atoms with Gasteiger partial charge in [0.2, 0.25) is 0 Å². The Kier molecular flexibility index (Phi) is 4.78. The van der Waals surface area contributed by atoms with E-state index in [9.17, 15) is 0 Å². The summed E-state index contributed by atoms with van der Waals surface area (Å²) in [6.07, 6.45) is 3.01. The zero-order valence-electron chi connectivity index (χ0n) is 13.2. The Morgan fingerprint density at radius 1 is 1.29 bits per heavy atom. The van der Waals surface area contributed by atoms with E-state index in [0.29, 0.717) is 12.1 Å². The Morgan fingerprint density at radius 2 is 2.10 bits per heavy atom. The van der Waals surface area contributed by atoms with E-state index in [2.05, 4.69) is 53.5 Å². The lowest BCUT2D eigenvalue weighted by molar-refractivity contribution is -0.0470.